The van der Waals surface area contributed by atoms with Crippen LogP contribution in [0.15, 0.2) is 29.3 Å². The second-order valence-corrected chi connectivity index (χ2v) is 6.80. The van der Waals surface area contributed by atoms with Crippen LogP contribution in [-0.4, -0.2) is 49.8 Å². The highest BCUT2D eigenvalue weighted by atomic mass is 16.3. The van der Waals surface area contributed by atoms with Crippen LogP contribution in [0.5, 0.6) is 0 Å². The molecule has 0 spiro atoms. The van der Waals surface area contributed by atoms with E-state index in [-0.39, 0.29) is 6.61 Å². The Kier molecular flexibility index (Phi) is 10.9. The third-order valence-corrected chi connectivity index (χ3v) is 4.05. The molecule has 5 heteroatoms. The van der Waals surface area contributed by atoms with E-state index in [0.29, 0.717) is 12.5 Å². The maximum Gasteiger partial charge on any atom is 0.191 e. The van der Waals surface area contributed by atoms with E-state index in [2.05, 4.69) is 67.7 Å². The molecule has 1 aromatic rings. The summed E-state index contributed by atoms with van der Waals surface area (Å²) in [5, 5.41) is 15.9. The summed E-state index contributed by atoms with van der Waals surface area (Å²) in [7, 11) is 4.16. The normalized spacial score (nSPS) is 13.1. The first-order chi connectivity index (χ1) is 12.1. The van der Waals surface area contributed by atoms with Crippen molar-refractivity contribution in [3.8, 4) is 0 Å². The molecule has 0 aliphatic carbocycles. The van der Waals surface area contributed by atoms with E-state index in [1.165, 1.54) is 11.1 Å². The molecule has 0 bridgehead atoms. The van der Waals surface area contributed by atoms with E-state index >= 15 is 0 Å². The molecule has 0 amide bonds. The molecule has 25 heavy (non-hydrogen) atoms. The number of aliphatic imine (C=N–C) groups is 1. The molecule has 1 rings (SSSR count). The molecule has 0 heterocycles. The average molecular weight is 349 g/mol. The Morgan fingerprint density at radius 3 is 2.56 bits per heavy atom. The molecular formula is C20H36N4O. The van der Waals surface area contributed by atoms with Gasteiger partial charge in [-0.2, -0.15) is 0 Å². The number of nitrogens with one attached hydrogen (secondary N) is 2. The second-order valence-electron chi connectivity index (χ2n) is 6.80. The van der Waals surface area contributed by atoms with Crippen LogP contribution in [0, 0.1) is 5.92 Å². The minimum Gasteiger partial charge on any atom is -0.396 e. The predicted octanol–water partition coefficient (Wildman–Crippen LogP) is 2.60. The minimum atomic E-state index is 0.249. The van der Waals surface area contributed by atoms with Gasteiger partial charge in [0, 0.05) is 26.2 Å². The maximum absolute atomic E-state index is 9.20. The number of benzene rings is 1. The number of hydrogen-bond donors (Lipinski definition) is 3. The Labute approximate surface area is 153 Å². The molecule has 142 valence electrons. The number of aliphatic hydroxyl groups is 1. The van der Waals surface area contributed by atoms with E-state index < -0.39 is 0 Å². The zero-order valence-corrected chi connectivity index (χ0v) is 16.4. The molecule has 0 aliphatic heterocycles. The third-order valence-electron chi connectivity index (χ3n) is 4.05. The molecule has 1 unspecified atom stereocenters. The molecule has 0 aliphatic rings. The summed E-state index contributed by atoms with van der Waals surface area (Å²) in [6, 6.07) is 8.60. The first-order valence-corrected chi connectivity index (χ1v) is 9.44. The molecule has 0 aromatic heterocycles. The van der Waals surface area contributed by atoms with Crippen molar-refractivity contribution in [1.82, 2.24) is 15.5 Å². The smallest absolute Gasteiger partial charge is 0.191 e. The van der Waals surface area contributed by atoms with Crippen LogP contribution in [0.2, 0.25) is 0 Å². The van der Waals surface area contributed by atoms with Crippen molar-refractivity contribution in [2.75, 3.05) is 33.8 Å². The number of guanidine groups is 1. The average Bonchev–Trinajstić information content (AvgIpc) is 2.57. The molecule has 0 fully saturated rings. The first kappa shape index (κ1) is 21.5. The van der Waals surface area contributed by atoms with Gasteiger partial charge in [-0.1, -0.05) is 37.6 Å². The van der Waals surface area contributed by atoms with Crippen LogP contribution in [0.25, 0.3) is 0 Å². The lowest BCUT2D eigenvalue weighted by Gasteiger charge is -2.18. The summed E-state index contributed by atoms with van der Waals surface area (Å²) in [6.45, 7) is 7.80. The van der Waals surface area contributed by atoms with Gasteiger partial charge < -0.3 is 20.6 Å². The first-order valence-electron chi connectivity index (χ1n) is 9.44. The lowest BCUT2D eigenvalue weighted by atomic mass is 10.0. The summed E-state index contributed by atoms with van der Waals surface area (Å²) < 4.78 is 0. The molecule has 0 saturated heterocycles. The number of aliphatic hydroxyl groups excluding tert-OH is 1. The molecule has 1 atom stereocenters. The van der Waals surface area contributed by atoms with E-state index in [9.17, 15) is 5.11 Å². The molecule has 1 aromatic carbocycles. The van der Waals surface area contributed by atoms with E-state index in [0.717, 1.165) is 44.9 Å². The van der Waals surface area contributed by atoms with Gasteiger partial charge >= 0.3 is 0 Å². The van der Waals surface area contributed by atoms with Gasteiger partial charge in [0.1, 0.15) is 0 Å². The Hall–Kier alpha value is -1.59. The van der Waals surface area contributed by atoms with Crippen LogP contribution in [0.4, 0.5) is 0 Å². The third kappa shape index (κ3) is 9.46. The van der Waals surface area contributed by atoms with Crippen molar-refractivity contribution in [2.24, 2.45) is 10.9 Å². The summed E-state index contributed by atoms with van der Waals surface area (Å²) in [5.41, 5.74) is 2.53. The quantitative estimate of drug-likeness (QED) is 0.425. The van der Waals surface area contributed by atoms with Crippen molar-refractivity contribution in [1.29, 1.82) is 0 Å². The van der Waals surface area contributed by atoms with Gasteiger partial charge in [-0.15, -0.1) is 0 Å². The van der Waals surface area contributed by atoms with Gasteiger partial charge in [-0.05, 0) is 50.9 Å². The van der Waals surface area contributed by atoms with Crippen molar-refractivity contribution in [2.45, 2.75) is 46.2 Å². The number of rotatable bonds is 11. The summed E-state index contributed by atoms with van der Waals surface area (Å²) in [5.74, 6) is 1.34. The molecule has 5 nitrogen and oxygen atoms in total. The zero-order valence-electron chi connectivity index (χ0n) is 16.4. The molecule has 0 saturated carbocycles. The van der Waals surface area contributed by atoms with Crippen LogP contribution >= 0.6 is 0 Å². The topological polar surface area (TPSA) is 59.9 Å². The van der Waals surface area contributed by atoms with Gasteiger partial charge in [0.2, 0.25) is 0 Å². The summed E-state index contributed by atoms with van der Waals surface area (Å²) in [4.78, 5) is 6.88. The minimum absolute atomic E-state index is 0.249. The number of hydrogen-bond acceptors (Lipinski definition) is 3. The van der Waals surface area contributed by atoms with Gasteiger partial charge in [0.15, 0.2) is 5.96 Å². The highest BCUT2D eigenvalue weighted by molar-refractivity contribution is 5.79. The van der Waals surface area contributed by atoms with E-state index in [1.54, 1.807) is 0 Å². The van der Waals surface area contributed by atoms with E-state index in [4.69, 9.17) is 4.99 Å². The van der Waals surface area contributed by atoms with E-state index in [1.807, 2.05) is 0 Å². The lowest BCUT2D eigenvalue weighted by Crippen LogP contribution is -2.40. The van der Waals surface area contributed by atoms with Crippen molar-refractivity contribution in [3.63, 3.8) is 0 Å². The van der Waals surface area contributed by atoms with Crippen LogP contribution in [0.1, 0.15) is 44.2 Å². The maximum atomic E-state index is 9.20. The Morgan fingerprint density at radius 1 is 1.16 bits per heavy atom. The summed E-state index contributed by atoms with van der Waals surface area (Å²) >= 11 is 0. The Morgan fingerprint density at radius 2 is 1.92 bits per heavy atom. The fraction of sp³-hybridized carbons (Fsp3) is 0.650. The molecular weight excluding hydrogens is 312 g/mol. The van der Waals surface area contributed by atoms with Gasteiger partial charge in [0.25, 0.3) is 0 Å². The predicted molar refractivity (Wildman–Crippen MR) is 107 cm³/mol. The van der Waals surface area contributed by atoms with Gasteiger partial charge in [-0.3, -0.25) is 0 Å². The fourth-order valence-electron chi connectivity index (χ4n) is 2.88. The molecule has 0 radical (unpaired) electrons. The van der Waals surface area contributed by atoms with Crippen LogP contribution < -0.4 is 10.6 Å². The fourth-order valence-corrected chi connectivity index (χ4v) is 2.88. The zero-order chi connectivity index (χ0) is 18.5. The van der Waals surface area contributed by atoms with Crippen LogP contribution in [-0.2, 0) is 13.1 Å². The Bertz CT molecular complexity index is 496. The highest BCUT2D eigenvalue weighted by Gasteiger charge is 2.08. The molecule has 3 N–H and O–H groups in total. The second kappa shape index (κ2) is 12.7. The van der Waals surface area contributed by atoms with Crippen molar-refractivity contribution >= 4 is 5.96 Å². The Balaban J connectivity index is 2.65. The lowest BCUT2D eigenvalue weighted by molar-refractivity contribution is 0.251. The standard InChI is InChI=1S/C20H36N4O/c1-5-8-17(11-12-25)14-22-20(21-6-2)23-15-18-9-7-10-19(13-18)16-24(3)4/h7,9-10,13,17,25H,5-6,8,11-12,14-16H2,1-4H3,(H2,21,22,23). The van der Waals surface area contributed by atoms with Crippen molar-refractivity contribution in [3.05, 3.63) is 35.4 Å². The van der Waals surface area contributed by atoms with Gasteiger partial charge in [0.05, 0.1) is 6.54 Å². The highest BCUT2D eigenvalue weighted by Crippen LogP contribution is 2.10. The summed E-state index contributed by atoms with van der Waals surface area (Å²) in [6.07, 6.45) is 3.10. The monoisotopic (exact) mass is 348 g/mol. The largest absolute Gasteiger partial charge is 0.396 e. The van der Waals surface area contributed by atoms with Crippen molar-refractivity contribution < 1.29 is 5.11 Å². The SMILES string of the molecule is CCCC(CCO)CNC(=NCc1cccc(CN(C)C)c1)NCC. The van der Waals surface area contributed by atoms with Crippen LogP contribution in [0.3, 0.4) is 0 Å². The number of nitrogens with zero attached hydrogens (tertiary/aromatic N) is 2. The van der Waals surface area contributed by atoms with Gasteiger partial charge in [-0.25, -0.2) is 4.99 Å².